The van der Waals surface area contributed by atoms with Gasteiger partial charge in [-0.1, -0.05) is 24.8 Å². The van der Waals surface area contributed by atoms with Gasteiger partial charge in [0.1, 0.15) is 5.82 Å². The van der Waals surface area contributed by atoms with E-state index in [1.54, 1.807) is 18.2 Å². The summed E-state index contributed by atoms with van der Waals surface area (Å²) in [6.45, 7) is 4.08. The highest BCUT2D eigenvalue weighted by molar-refractivity contribution is 6.19. The Hall–Kier alpha value is -1.02. The predicted octanol–water partition coefficient (Wildman–Crippen LogP) is 2.67. The van der Waals surface area contributed by atoms with Crippen molar-refractivity contribution in [3.05, 3.63) is 47.9 Å². The highest BCUT2D eigenvalue weighted by atomic mass is 35.5. The molecule has 1 aromatic rings. The molecule has 1 N–H and O–H groups in total. The molecular weight excluding hydrogens is 189 g/mol. The normalized spacial score (nSPS) is 9.69. The highest BCUT2D eigenvalue weighted by Gasteiger charge is 1.99. The lowest BCUT2D eigenvalue weighted by atomic mass is 10.2. The van der Waals surface area contributed by atoms with Crippen molar-refractivity contribution in [2.75, 3.05) is 5.88 Å². The van der Waals surface area contributed by atoms with Gasteiger partial charge in [-0.05, 0) is 6.07 Å². The van der Waals surface area contributed by atoms with Crippen molar-refractivity contribution in [1.82, 2.24) is 5.32 Å². The van der Waals surface area contributed by atoms with E-state index in [9.17, 15) is 4.39 Å². The van der Waals surface area contributed by atoms with E-state index < -0.39 is 0 Å². The van der Waals surface area contributed by atoms with Crippen LogP contribution >= 0.6 is 11.6 Å². The van der Waals surface area contributed by atoms with E-state index in [2.05, 4.69) is 11.9 Å². The summed E-state index contributed by atoms with van der Waals surface area (Å²) in [5.74, 6) is 0.131. The third-order valence-electron chi connectivity index (χ3n) is 1.65. The molecule has 0 saturated carbocycles. The summed E-state index contributed by atoms with van der Waals surface area (Å²) in [6, 6.07) is 6.61. The molecule has 0 aliphatic carbocycles. The van der Waals surface area contributed by atoms with Crippen LogP contribution in [0.5, 0.6) is 0 Å². The van der Waals surface area contributed by atoms with Gasteiger partial charge in [0.15, 0.2) is 0 Å². The Morgan fingerprint density at radius 1 is 1.46 bits per heavy atom. The molecule has 0 aromatic heterocycles. The summed E-state index contributed by atoms with van der Waals surface area (Å²) < 4.78 is 13.0. The van der Waals surface area contributed by atoms with Crippen LogP contribution in [0.1, 0.15) is 5.56 Å². The number of hydrogen-bond donors (Lipinski definition) is 1. The first kappa shape index (κ1) is 10.1. The Morgan fingerprint density at radius 3 is 2.77 bits per heavy atom. The van der Waals surface area contributed by atoms with E-state index >= 15 is 0 Å². The largest absolute Gasteiger partial charge is 0.384 e. The number of nitrogens with one attached hydrogen (secondary N) is 1. The van der Waals surface area contributed by atoms with Gasteiger partial charge in [0.2, 0.25) is 0 Å². The standard InChI is InChI=1S/C10H11ClFN/c1-8(6-11)13-7-9-4-2-3-5-10(9)12/h2-5,13H,1,6-7H2. The van der Waals surface area contributed by atoms with Gasteiger partial charge >= 0.3 is 0 Å². The first-order chi connectivity index (χ1) is 6.24. The van der Waals surface area contributed by atoms with E-state index in [0.29, 0.717) is 23.7 Å². The Bertz CT molecular complexity index is 299. The molecule has 3 heteroatoms. The first-order valence-electron chi connectivity index (χ1n) is 3.95. The van der Waals surface area contributed by atoms with Crippen LogP contribution in [0.4, 0.5) is 4.39 Å². The molecule has 1 rings (SSSR count). The van der Waals surface area contributed by atoms with Crippen LogP contribution in [0, 0.1) is 5.82 Å². The lowest BCUT2D eigenvalue weighted by Crippen LogP contribution is -2.13. The molecule has 0 radical (unpaired) electrons. The minimum absolute atomic E-state index is 0.211. The third kappa shape index (κ3) is 3.07. The van der Waals surface area contributed by atoms with Gasteiger partial charge in [0.05, 0.1) is 5.88 Å². The van der Waals surface area contributed by atoms with Crippen molar-refractivity contribution in [3.8, 4) is 0 Å². The fraction of sp³-hybridized carbons (Fsp3) is 0.200. The Balaban J connectivity index is 2.54. The van der Waals surface area contributed by atoms with E-state index in [0.717, 1.165) is 0 Å². The molecule has 1 aromatic carbocycles. The van der Waals surface area contributed by atoms with Gasteiger partial charge in [0, 0.05) is 17.8 Å². The third-order valence-corrected chi connectivity index (χ3v) is 1.97. The molecule has 0 heterocycles. The fourth-order valence-corrected chi connectivity index (χ4v) is 1.00. The molecular formula is C10H11ClFN. The molecule has 1 nitrogen and oxygen atoms in total. The van der Waals surface area contributed by atoms with Crippen LogP contribution in [-0.2, 0) is 6.54 Å². The zero-order valence-corrected chi connectivity index (χ0v) is 7.94. The summed E-state index contributed by atoms with van der Waals surface area (Å²) in [5, 5.41) is 2.92. The Labute approximate surface area is 82.2 Å². The van der Waals surface area contributed by atoms with Crippen molar-refractivity contribution >= 4 is 11.6 Å². The van der Waals surface area contributed by atoms with Crippen LogP contribution < -0.4 is 5.32 Å². The summed E-state index contributed by atoms with van der Waals surface area (Å²) >= 11 is 5.50. The van der Waals surface area contributed by atoms with Crippen molar-refractivity contribution in [3.63, 3.8) is 0 Å². The number of hydrogen-bond acceptors (Lipinski definition) is 1. The number of benzene rings is 1. The van der Waals surface area contributed by atoms with Crippen LogP contribution in [-0.4, -0.2) is 5.88 Å². The van der Waals surface area contributed by atoms with E-state index in [1.807, 2.05) is 0 Å². The van der Waals surface area contributed by atoms with Gasteiger partial charge in [0.25, 0.3) is 0 Å². The van der Waals surface area contributed by atoms with Crippen molar-refractivity contribution < 1.29 is 4.39 Å². The first-order valence-corrected chi connectivity index (χ1v) is 4.48. The summed E-state index contributed by atoms with van der Waals surface area (Å²) in [4.78, 5) is 0. The van der Waals surface area contributed by atoms with Gasteiger partial charge in [-0.15, -0.1) is 11.6 Å². The molecule has 0 amide bonds. The maximum absolute atomic E-state index is 13.0. The van der Waals surface area contributed by atoms with Crippen molar-refractivity contribution in [1.29, 1.82) is 0 Å². The lowest BCUT2D eigenvalue weighted by Gasteiger charge is -2.06. The molecule has 0 saturated heterocycles. The smallest absolute Gasteiger partial charge is 0.128 e. The van der Waals surface area contributed by atoms with Crippen LogP contribution in [0.25, 0.3) is 0 Å². The minimum Gasteiger partial charge on any atom is -0.384 e. The number of allylic oxidation sites excluding steroid dienone is 1. The van der Waals surface area contributed by atoms with Gasteiger partial charge in [-0.2, -0.15) is 0 Å². The molecule has 70 valence electrons. The molecule has 0 unspecified atom stereocenters. The van der Waals surface area contributed by atoms with Crippen molar-refractivity contribution in [2.24, 2.45) is 0 Å². The zero-order chi connectivity index (χ0) is 9.68. The van der Waals surface area contributed by atoms with Crippen LogP contribution in [0.2, 0.25) is 0 Å². The van der Waals surface area contributed by atoms with Gasteiger partial charge < -0.3 is 5.32 Å². The summed E-state index contributed by atoms with van der Waals surface area (Å²) in [7, 11) is 0. The van der Waals surface area contributed by atoms with Gasteiger partial charge in [-0.3, -0.25) is 0 Å². The highest BCUT2D eigenvalue weighted by Crippen LogP contribution is 2.06. The van der Waals surface area contributed by atoms with Crippen LogP contribution in [0.15, 0.2) is 36.5 Å². The second-order valence-electron chi connectivity index (χ2n) is 2.68. The molecule has 0 fully saturated rings. The molecule has 13 heavy (non-hydrogen) atoms. The number of rotatable bonds is 4. The molecule has 0 atom stereocenters. The minimum atomic E-state index is -0.211. The Kier molecular flexibility index (Phi) is 3.77. The Morgan fingerprint density at radius 2 is 2.15 bits per heavy atom. The molecule has 0 aliphatic rings. The fourth-order valence-electron chi connectivity index (χ4n) is 0.909. The van der Waals surface area contributed by atoms with E-state index in [1.165, 1.54) is 6.07 Å². The molecule has 0 bridgehead atoms. The summed E-state index contributed by atoms with van der Waals surface area (Å²) in [5.41, 5.74) is 1.32. The predicted molar refractivity (Wildman–Crippen MR) is 53.1 cm³/mol. The van der Waals surface area contributed by atoms with E-state index in [-0.39, 0.29) is 5.82 Å². The maximum Gasteiger partial charge on any atom is 0.128 e. The second-order valence-corrected chi connectivity index (χ2v) is 2.95. The number of alkyl halides is 1. The lowest BCUT2D eigenvalue weighted by molar-refractivity contribution is 0.601. The van der Waals surface area contributed by atoms with Crippen molar-refractivity contribution in [2.45, 2.75) is 6.54 Å². The monoisotopic (exact) mass is 199 g/mol. The average molecular weight is 200 g/mol. The topological polar surface area (TPSA) is 12.0 Å². The molecule has 0 spiro atoms. The summed E-state index contributed by atoms with van der Waals surface area (Å²) in [6.07, 6.45) is 0. The number of halogens is 2. The quantitative estimate of drug-likeness (QED) is 0.736. The zero-order valence-electron chi connectivity index (χ0n) is 7.19. The molecule has 0 aliphatic heterocycles. The van der Waals surface area contributed by atoms with E-state index in [4.69, 9.17) is 11.6 Å². The maximum atomic E-state index is 13.0. The average Bonchev–Trinajstić information content (AvgIpc) is 2.16. The SMILES string of the molecule is C=C(CCl)NCc1ccccc1F. The second kappa shape index (κ2) is 4.87. The van der Waals surface area contributed by atoms with Crippen LogP contribution in [0.3, 0.4) is 0 Å². The van der Waals surface area contributed by atoms with Gasteiger partial charge in [-0.25, -0.2) is 4.39 Å².